The van der Waals surface area contributed by atoms with Gasteiger partial charge in [0, 0.05) is 10.9 Å². The molecule has 112 valence electrons. The highest BCUT2D eigenvalue weighted by Crippen LogP contribution is 2.23. The van der Waals surface area contributed by atoms with E-state index in [1.807, 2.05) is 12.3 Å². The Morgan fingerprint density at radius 2 is 2.00 bits per heavy atom. The molecule has 0 atom stereocenters. The standard InChI is InChI=1S/C17H21NO2S/c1-4-20-17(19)10-16-18-15(11-21-16)14-7-5-13(6-8-14)9-12(2)3/h5-8,11-12H,4,9-10H2,1-3H3. The molecular weight excluding hydrogens is 282 g/mol. The number of benzene rings is 1. The van der Waals surface area contributed by atoms with Gasteiger partial charge in [-0.1, -0.05) is 38.1 Å². The molecule has 0 aliphatic rings. The van der Waals surface area contributed by atoms with Crippen LogP contribution in [0, 0.1) is 5.92 Å². The highest BCUT2D eigenvalue weighted by atomic mass is 32.1. The average Bonchev–Trinajstić information content (AvgIpc) is 2.87. The zero-order valence-electron chi connectivity index (χ0n) is 12.8. The van der Waals surface area contributed by atoms with Gasteiger partial charge in [-0.3, -0.25) is 4.79 Å². The van der Waals surface area contributed by atoms with Crippen LogP contribution in [0.4, 0.5) is 0 Å². The molecule has 0 fully saturated rings. The maximum absolute atomic E-state index is 11.4. The molecule has 1 aromatic heterocycles. The Morgan fingerprint density at radius 1 is 1.29 bits per heavy atom. The highest BCUT2D eigenvalue weighted by molar-refractivity contribution is 7.10. The molecule has 0 radical (unpaired) electrons. The van der Waals surface area contributed by atoms with Gasteiger partial charge in [-0.2, -0.15) is 0 Å². The number of hydrogen-bond acceptors (Lipinski definition) is 4. The van der Waals surface area contributed by atoms with Crippen molar-refractivity contribution < 1.29 is 9.53 Å². The molecule has 0 amide bonds. The predicted octanol–water partition coefficient (Wildman–Crippen LogP) is 4.11. The SMILES string of the molecule is CCOC(=O)Cc1nc(-c2ccc(CC(C)C)cc2)cs1. The largest absolute Gasteiger partial charge is 0.466 e. The van der Waals surface area contributed by atoms with Crippen LogP contribution in [0.5, 0.6) is 0 Å². The molecule has 2 rings (SSSR count). The molecule has 0 aliphatic heterocycles. The number of carbonyl (C=O) groups excluding carboxylic acids is 1. The van der Waals surface area contributed by atoms with Crippen LogP contribution in [0.15, 0.2) is 29.6 Å². The van der Waals surface area contributed by atoms with Crippen LogP contribution in [0.1, 0.15) is 31.3 Å². The van der Waals surface area contributed by atoms with Crippen molar-refractivity contribution in [2.45, 2.75) is 33.6 Å². The van der Waals surface area contributed by atoms with E-state index in [0.717, 1.165) is 22.7 Å². The van der Waals surface area contributed by atoms with E-state index in [4.69, 9.17) is 4.74 Å². The number of esters is 1. The third-order valence-electron chi connectivity index (χ3n) is 3.05. The number of ether oxygens (including phenoxy) is 1. The topological polar surface area (TPSA) is 39.2 Å². The first-order valence-corrected chi connectivity index (χ1v) is 8.15. The van der Waals surface area contributed by atoms with Crippen molar-refractivity contribution in [3.05, 3.63) is 40.2 Å². The van der Waals surface area contributed by atoms with Crippen molar-refractivity contribution in [2.24, 2.45) is 5.92 Å². The van der Waals surface area contributed by atoms with Crippen molar-refractivity contribution in [1.29, 1.82) is 0 Å². The first-order chi connectivity index (χ1) is 10.1. The lowest BCUT2D eigenvalue weighted by Crippen LogP contribution is -2.07. The smallest absolute Gasteiger partial charge is 0.312 e. The Hall–Kier alpha value is -1.68. The van der Waals surface area contributed by atoms with Gasteiger partial charge in [0.05, 0.1) is 18.7 Å². The van der Waals surface area contributed by atoms with Crippen LogP contribution in [0.25, 0.3) is 11.3 Å². The van der Waals surface area contributed by atoms with Crippen LogP contribution >= 0.6 is 11.3 Å². The van der Waals surface area contributed by atoms with Gasteiger partial charge in [0.15, 0.2) is 0 Å². The zero-order valence-corrected chi connectivity index (χ0v) is 13.6. The van der Waals surface area contributed by atoms with Gasteiger partial charge >= 0.3 is 5.97 Å². The zero-order chi connectivity index (χ0) is 15.2. The Balaban J connectivity index is 2.05. The monoisotopic (exact) mass is 303 g/mol. The number of nitrogens with zero attached hydrogens (tertiary/aromatic N) is 1. The molecule has 0 N–H and O–H groups in total. The molecule has 0 saturated carbocycles. The van der Waals surface area contributed by atoms with Crippen LogP contribution in [-0.2, 0) is 22.4 Å². The third kappa shape index (κ3) is 4.67. The second-order valence-electron chi connectivity index (χ2n) is 5.40. The Labute approximate surface area is 130 Å². The first kappa shape index (κ1) is 15.7. The second kappa shape index (κ2) is 7.36. The summed E-state index contributed by atoms with van der Waals surface area (Å²) in [6.07, 6.45) is 1.34. The van der Waals surface area contributed by atoms with E-state index in [1.165, 1.54) is 16.9 Å². The molecule has 3 nitrogen and oxygen atoms in total. The maximum atomic E-state index is 11.4. The summed E-state index contributed by atoms with van der Waals surface area (Å²) in [6.45, 7) is 6.66. The predicted molar refractivity (Wildman–Crippen MR) is 86.4 cm³/mol. The number of carbonyl (C=O) groups is 1. The summed E-state index contributed by atoms with van der Waals surface area (Å²) in [5.74, 6) is 0.442. The number of aromatic nitrogens is 1. The van der Waals surface area contributed by atoms with Crippen LogP contribution in [-0.4, -0.2) is 17.6 Å². The summed E-state index contributed by atoms with van der Waals surface area (Å²) < 4.78 is 4.94. The van der Waals surface area contributed by atoms with E-state index in [0.29, 0.717) is 12.5 Å². The summed E-state index contributed by atoms with van der Waals surface area (Å²) in [6, 6.07) is 8.50. The normalized spacial score (nSPS) is 10.9. The number of hydrogen-bond donors (Lipinski definition) is 0. The van der Waals surface area contributed by atoms with E-state index in [-0.39, 0.29) is 12.4 Å². The third-order valence-corrected chi connectivity index (χ3v) is 3.90. The van der Waals surface area contributed by atoms with Gasteiger partial charge < -0.3 is 4.74 Å². The quantitative estimate of drug-likeness (QED) is 0.754. The van der Waals surface area contributed by atoms with Crippen LogP contribution < -0.4 is 0 Å². The first-order valence-electron chi connectivity index (χ1n) is 7.27. The van der Waals surface area contributed by atoms with E-state index in [1.54, 1.807) is 0 Å². The van der Waals surface area contributed by atoms with E-state index in [9.17, 15) is 4.79 Å². The van der Waals surface area contributed by atoms with Crippen molar-refractivity contribution in [3.63, 3.8) is 0 Å². The molecule has 4 heteroatoms. The molecule has 0 unspecified atom stereocenters. The fraction of sp³-hybridized carbons (Fsp3) is 0.412. The Morgan fingerprint density at radius 3 is 2.62 bits per heavy atom. The summed E-state index contributed by atoms with van der Waals surface area (Å²) in [4.78, 5) is 16.0. The minimum absolute atomic E-state index is 0.217. The lowest BCUT2D eigenvalue weighted by Gasteiger charge is -2.05. The molecule has 1 heterocycles. The maximum Gasteiger partial charge on any atom is 0.312 e. The van der Waals surface area contributed by atoms with Gasteiger partial charge in [0.25, 0.3) is 0 Å². The van der Waals surface area contributed by atoms with Crippen molar-refractivity contribution >= 4 is 17.3 Å². The molecule has 0 aliphatic carbocycles. The van der Waals surface area contributed by atoms with E-state index >= 15 is 0 Å². The van der Waals surface area contributed by atoms with Crippen LogP contribution in [0.3, 0.4) is 0 Å². The van der Waals surface area contributed by atoms with Gasteiger partial charge in [0.1, 0.15) is 5.01 Å². The molecule has 2 aromatic rings. The lowest BCUT2D eigenvalue weighted by atomic mass is 10.0. The van der Waals surface area contributed by atoms with E-state index < -0.39 is 0 Å². The van der Waals surface area contributed by atoms with Crippen molar-refractivity contribution in [2.75, 3.05) is 6.61 Å². The fourth-order valence-corrected chi connectivity index (χ4v) is 2.93. The Bertz CT molecular complexity index is 587. The van der Waals surface area contributed by atoms with Crippen molar-refractivity contribution in [1.82, 2.24) is 4.98 Å². The number of rotatable bonds is 6. The molecule has 0 bridgehead atoms. The van der Waals surface area contributed by atoms with Gasteiger partial charge in [0.2, 0.25) is 0 Å². The summed E-state index contributed by atoms with van der Waals surface area (Å²) in [5.41, 5.74) is 3.36. The van der Waals surface area contributed by atoms with Gasteiger partial charge in [-0.25, -0.2) is 4.98 Å². The summed E-state index contributed by atoms with van der Waals surface area (Å²) >= 11 is 1.50. The molecule has 0 spiro atoms. The number of thiazole rings is 1. The summed E-state index contributed by atoms with van der Waals surface area (Å²) in [7, 11) is 0. The lowest BCUT2D eigenvalue weighted by molar-refractivity contribution is -0.142. The van der Waals surface area contributed by atoms with Crippen molar-refractivity contribution in [3.8, 4) is 11.3 Å². The fourth-order valence-electron chi connectivity index (χ4n) is 2.14. The van der Waals surface area contributed by atoms with E-state index in [2.05, 4.69) is 43.1 Å². The minimum atomic E-state index is -0.217. The molecular formula is C17H21NO2S. The highest BCUT2D eigenvalue weighted by Gasteiger charge is 2.10. The molecule has 0 saturated heterocycles. The average molecular weight is 303 g/mol. The van der Waals surface area contributed by atoms with Crippen LogP contribution in [0.2, 0.25) is 0 Å². The Kier molecular flexibility index (Phi) is 5.51. The van der Waals surface area contributed by atoms with Gasteiger partial charge in [-0.15, -0.1) is 11.3 Å². The molecule has 1 aromatic carbocycles. The molecule has 21 heavy (non-hydrogen) atoms. The van der Waals surface area contributed by atoms with Gasteiger partial charge in [-0.05, 0) is 24.8 Å². The second-order valence-corrected chi connectivity index (χ2v) is 6.35. The summed E-state index contributed by atoms with van der Waals surface area (Å²) in [5, 5.41) is 2.79. The minimum Gasteiger partial charge on any atom is -0.466 e.